The summed E-state index contributed by atoms with van der Waals surface area (Å²) in [6.07, 6.45) is 17.0. The number of nitrogens with one attached hydrogen (secondary N) is 1. The fourth-order valence-corrected chi connectivity index (χ4v) is 2.51. The first-order valence-corrected chi connectivity index (χ1v) is 7.11. The fraction of sp³-hybridized carbons (Fsp3) is 0.733. The van der Waals surface area contributed by atoms with E-state index in [0.29, 0.717) is 6.04 Å². The van der Waals surface area contributed by atoms with Gasteiger partial charge in [0.2, 0.25) is 0 Å². The van der Waals surface area contributed by atoms with E-state index in [1.165, 1.54) is 51.4 Å². The van der Waals surface area contributed by atoms with Crippen molar-refractivity contribution >= 4 is 0 Å². The molecular weight excluding hydrogens is 208 g/mol. The Hall–Kier alpha value is -0.600. The van der Waals surface area contributed by atoms with Crippen LogP contribution in [0.5, 0.6) is 0 Å². The van der Waals surface area contributed by atoms with Gasteiger partial charge in [0, 0.05) is 6.04 Å². The Labute approximate surface area is 106 Å². The zero-order valence-electron chi connectivity index (χ0n) is 11.1. The predicted octanol–water partition coefficient (Wildman–Crippen LogP) is 3.85. The lowest BCUT2D eigenvalue weighted by atomic mass is 9.92. The quantitative estimate of drug-likeness (QED) is 0.276. The summed E-state index contributed by atoms with van der Waals surface area (Å²) in [4.78, 5) is 0. The first-order valence-electron chi connectivity index (χ1n) is 7.11. The van der Waals surface area contributed by atoms with E-state index in [1.54, 1.807) is 5.57 Å². The smallest absolute Gasteiger partial charge is 0.0247 e. The van der Waals surface area contributed by atoms with E-state index in [4.69, 9.17) is 5.84 Å². The van der Waals surface area contributed by atoms with E-state index in [0.717, 1.165) is 12.8 Å². The molecule has 0 aromatic rings. The van der Waals surface area contributed by atoms with Crippen LogP contribution in [0.15, 0.2) is 24.3 Å². The third kappa shape index (κ3) is 6.64. The van der Waals surface area contributed by atoms with Crippen LogP contribution in [0.25, 0.3) is 0 Å². The highest BCUT2D eigenvalue weighted by atomic mass is 15.2. The average molecular weight is 236 g/mol. The Balaban J connectivity index is 2.14. The highest BCUT2D eigenvalue weighted by Gasteiger charge is 2.11. The number of nitrogens with two attached hydrogens (primary N) is 1. The molecule has 0 heterocycles. The molecule has 0 saturated heterocycles. The second-order valence-electron chi connectivity index (χ2n) is 5.10. The van der Waals surface area contributed by atoms with Crippen molar-refractivity contribution in [1.29, 1.82) is 0 Å². The van der Waals surface area contributed by atoms with Crippen LogP contribution in [-0.2, 0) is 0 Å². The highest BCUT2D eigenvalue weighted by molar-refractivity contribution is 5.06. The Morgan fingerprint density at radius 1 is 1.35 bits per heavy atom. The normalized spacial score (nSPS) is 17.6. The maximum Gasteiger partial charge on any atom is 0.0247 e. The van der Waals surface area contributed by atoms with Gasteiger partial charge in [0.1, 0.15) is 0 Å². The number of hydrogen-bond donors (Lipinski definition) is 2. The third-order valence-corrected chi connectivity index (χ3v) is 3.59. The Morgan fingerprint density at radius 3 is 2.88 bits per heavy atom. The molecule has 1 unspecified atom stereocenters. The molecule has 0 aromatic heterocycles. The zero-order valence-corrected chi connectivity index (χ0v) is 11.1. The average Bonchev–Trinajstić information content (AvgIpc) is 2.38. The molecule has 0 saturated carbocycles. The molecular formula is C15H28N2. The van der Waals surface area contributed by atoms with Crippen molar-refractivity contribution in [2.24, 2.45) is 5.84 Å². The molecule has 0 amide bonds. The van der Waals surface area contributed by atoms with Gasteiger partial charge in [0.05, 0.1) is 0 Å². The summed E-state index contributed by atoms with van der Waals surface area (Å²) in [5, 5.41) is 0. The summed E-state index contributed by atoms with van der Waals surface area (Å²) >= 11 is 0. The van der Waals surface area contributed by atoms with Crippen LogP contribution in [0.4, 0.5) is 0 Å². The summed E-state index contributed by atoms with van der Waals surface area (Å²) < 4.78 is 0. The summed E-state index contributed by atoms with van der Waals surface area (Å²) in [7, 11) is 0. The molecule has 0 fully saturated rings. The van der Waals surface area contributed by atoms with Gasteiger partial charge in [-0.15, -0.1) is 6.58 Å². The van der Waals surface area contributed by atoms with Crippen molar-refractivity contribution in [2.75, 3.05) is 0 Å². The van der Waals surface area contributed by atoms with E-state index >= 15 is 0 Å². The Kier molecular flexibility index (Phi) is 8.02. The largest absolute Gasteiger partial charge is 0.271 e. The van der Waals surface area contributed by atoms with Gasteiger partial charge in [0.15, 0.2) is 0 Å². The second-order valence-corrected chi connectivity index (χ2v) is 5.10. The van der Waals surface area contributed by atoms with E-state index in [2.05, 4.69) is 18.1 Å². The van der Waals surface area contributed by atoms with Crippen LogP contribution in [0.1, 0.15) is 64.2 Å². The van der Waals surface area contributed by atoms with Gasteiger partial charge in [-0.3, -0.25) is 11.3 Å². The van der Waals surface area contributed by atoms with Crippen LogP contribution in [0, 0.1) is 0 Å². The second kappa shape index (κ2) is 9.43. The minimum Gasteiger partial charge on any atom is -0.271 e. The van der Waals surface area contributed by atoms with Gasteiger partial charge in [-0.2, -0.15) is 0 Å². The molecule has 98 valence electrons. The molecule has 3 N–H and O–H groups in total. The van der Waals surface area contributed by atoms with Gasteiger partial charge < -0.3 is 0 Å². The molecule has 1 aliphatic rings. The minimum absolute atomic E-state index is 0.475. The van der Waals surface area contributed by atoms with Gasteiger partial charge in [-0.25, -0.2) is 0 Å². The van der Waals surface area contributed by atoms with Crippen LogP contribution in [-0.4, -0.2) is 6.04 Å². The summed E-state index contributed by atoms with van der Waals surface area (Å²) in [5.41, 5.74) is 4.60. The molecule has 0 aromatic carbocycles. The minimum atomic E-state index is 0.475. The van der Waals surface area contributed by atoms with Crippen molar-refractivity contribution in [3.05, 3.63) is 24.3 Å². The molecule has 1 aliphatic carbocycles. The van der Waals surface area contributed by atoms with Crippen molar-refractivity contribution in [2.45, 2.75) is 70.3 Å². The van der Waals surface area contributed by atoms with Crippen molar-refractivity contribution < 1.29 is 0 Å². The molecule has 0 aliphatic heterocycles. The third-order valence-electron chi connectivity index (χ3n) is 3.59. The van der Waals surface area contributed by atoms with Crippen molar-refractivity contribution in [3.63, 3.8) is 0 Å². The van der Waals surface area contributed by atoms with Crippen LogP contribution in [0.3, 0.4) is 0 Å². The highest BCUT2D eigenvalue weighted by Crippen LogP contribution is 2.22. The van der Waals surface area contributed by atoms with Crippen LogP contribution in [0.2, 0.25) is 0 Å². The zero-order chi connectivity index (χ0) is 12.3. The van der Waals surface area contributed by atoms with Crippen LogP contribution >= 0.6 is 0 Å². The molecule has 0 radical (unpaired) electrons. The number of rotatable bonds is 9. The van der Waals surface area contributed by atoms with E-state index < -0.39 is 0 Å². The first-order chi connectivity index (χ1) is 8.36. The van der Waals surface area contributed by atoms with Gasteiger partial charge in [-0.1, -0.05) is 30.6 Å². The van der Waals surface area contributed by atoms with Gasteiger partial charge in [0.25, 0.3) is 0 Å². The Morgan fingerprint density at radius 2 is 2.24 bits per heavy atom. The monoisotopic (exact) mass is 236 g/mol. The maximum absolute atomic E-state index is 5.64. The van der Waals surface area contributed by atoms with Crippen molar-refractivity contribution in [3.8, 4) is 0 Å². The molecule has 1 atom stereocenters. The molecule has 0 spiro atoms. The molecule has 2 heteroatoms. The van der Waals surface area contributed by atoms with Gasteiger partial charge >= 0.3 is 0 Å². The number of hydrazine groups is 1. The molecule has 1 rings (SSSR count). The number of unbranched alkanes of at least 4 members (excludes halogenated alkanes) is 3. The Bertz CT molecular complexity index is 233. The SMILES string of the molecule is C=CCCCCCC(CC1=CCCCC1)NN. The number of hydrogen-bond acceptors (Lipinski definition) is 2. The first kappa shape index (κ1) is 14.5. The summed E-state index contributed by atoms with van der Waals surface area (Å²) in [5.74, 6) is 5.64. The lowest BCUT2D eigenvalue weighted by Crippen LogP contribution is -2.35. The summed E-state index contributed by atoms with van der Waals surface area (Å²) in [6.45, 7) is 3.75. The topological polar surface area (TPSA) is 38.0 Å². The van der Waals surface area contributed by atoms with Crippen molar-refractivity contribution in [1.82, 2.24) is 5.43 Å². The molecule has 2 nitrogen and oxygen atoms in total. The van der Waals surface area contributed by atoms with Gasteiger partial charge in [-0.05, 0) is 51.4 Å². The fourth-order valence-electron chi connectivity index (χ4n) is 2.51. The van der Waals surface area contributed by atoms with Crippen LogP contribution < -0.4 is 11.3 Å². The lowest BCUT2D eigenvalue weighted by Gasteiger charge is -2.20. The molecule has 17 heavy (non-hydrogen) atoms. The standard InChI is InChI=1S/C15H28N2/c1-2-3-4-5-9-12-15(17-16)13-14-10-7-6-8-11-14/h2,10,15,17H,1,3-9,11-13,16H2. The maximum atomic E-state index is 5.64. The molecule has 0 bridgehead atoms. The van der Waals surface area contributed by atoms with E-state index in [1.807, 2.05) is 6.08 Å². The predicted molar refractivity (Wildman–Crippen MR) is 75.6 cm³/mol. The van der Waals surface area contributed by atoms with E-state index in [-0.39, 0.29) is 0 Å². The van der Waals surface area contributed by atoms with E-state index in [9.17, 15) is 0 Å². The number of allylic oxidation sites excluding steroid dienone is 2. The summed E-state index contributed by atoms with van der Waals surface area (Å²) in [6, 6.07) is 0.475. The lowest BCUT2D eigenvalue weighted by molar-refractivity contribution is 0.454.